The molecule has 1 atom stereocenters. The van der Waals surface area contributed by atoms with Gasteiger partial charge in [-0.15, -0.1) is 0 Å². The van der Waals surface area contributed by atoms with Crippen LogP contribution in [0.2, 0.25) is 0 Å². The molecular weight excluding hydrogens is 238 g/mol. The lowest BCUT2D eigenvalue weighted by Gasteiger charge is -2.17. The Morgan fingerprint density at radius 3 is 3.16 bits per heavy atom. The Bertz CT molecular complexity index is 589. The number of nitrogens with two attached hydrogens (primary N) is 1. The Labute approximate surface area is 115 Å². The number of benzene rings is 1. The molecule has 0 saturated heterocycles. The van der Waals surface area contributed by atoms with Crippen molar-refractivity contribution in [2.45, 2.75) is 25.8 Å². The number of fused-ring (bicyclic) bond motifs is 1. The minimum atomic E-state index is 0.296. The van der Waals surface area contributed by atoms with Crippen LogP contribution in [0.15, 0.2) is 30.4 Å². The van der Waals surface area contributed by atoms with Crippen LogP contribution in [0.5, 0.6) is 5.75 Å². The average molecular weight is 260 g/mol. The van der Waals surface area contributed by atoms with Crippen LogP contribution in [0.3, 0.4) is 0 Å². The Kier molecular flexibility index (Phi) is 4.11. The van der Waals surface area contributed by atoms with Gasteiger partial charge in [0.2, 0.25) is 0 Å². The summed E-state index contributed by atoms with van der Waals surface area (Å²) in [6, 6.07) is 6.24. The van der Waals surface area contributed by atoms with Crippen molar-refractivity contribution in [1.82, 2.24) is 4.98 Å². The van der Waals surface area contributed by atoms with Crippen LogP contribution in [0.1, 0.15) is 21.1 Å². The summed E-state index contributed by atoms with van der Waals surface area (Å²) in [5.74, 6) is 0.555. The van der Waals surface area contributed by atoms with E-state index in [-0.39, 0.29) is 0 Å². The molecule has 2 rings (SSSR count). The highest BCUT2D eigenvalue weighted by molar-refractivity contribution is 5.91. The number of aromatic nitrogens is 1. The third kappa shape index (κ3) is 3.35. The molecule has 19 heavy (non-hydrogen) atoms. The van der Waals surface area contributed by atoms with Crippen molar-refractivity contribution in [3.63, 3.8) is 0 Å². The van der Waals surface area contributed by atoms with Crippen molar-refractivity contribution in [2.24, 2.45) is 5.73 Å². The van der Waals surface area contributed by atoms with E-state index in [1.807, 2.05) is 18.2 Å². The maximum absolute atomic E-state index is 8.12. The van der Waals surface area contributed by atoms with Gasteiger partial charge >= 0.3 is 0 Å². The number of pyridine rings is 1. The third-order valence-corrected chi connectivity index (χ3v) is 3.06. The predicted octanol–water partition coefficient (Wildman–Crippen LogP) is 2.78. The van der Waals surface area contributed by atoms with E-state index in [0.29, 0.717) is 24.4 Å². The number of anilines is 1. The molecule has 3 N–H and O–H groups in total. The summed E-state index contributed by atoms with van der Waals surface area (Å²) in [4.78, 5) is 4.39. The normalized spacial score (nSPS) is 13.1. The van der Waals surface area contributed by atoms with E-state index in [1.165, 1.54) is 0 Å². The molecule has 0 bridgehead atoms. The highest BCUT2D eigenvalue weighted by Crippen LogP contribution is 2.28. The third-order valence-electron chi connectivity index (χ3n) is 3.06. The molecule has 0 aliphatic rings. The molecule has 0 aliphatic heterocycles. The monoisotopic (exact) mass is 260 g/mol. The van der Waals surface area contributed by atoms with E-state index in [9.17, 15) is 0 Å². The largest absolute Gasteiger partial charge is 0.497 e. The summed E-state index contributed by atoms with van der Waals surface area (Å²) in [6.45, 7) is 2.81. The molecule has 0 spiro atoms. The molecule has 4 heteroatoms. The first-order valence-corrected chi connectivity index (χ1v) is 6.56. The summed E-state index contributed by atoms with van der Waals surface area (Å²) in [7, 11) is 1.58. The number of hydrogen-bond donors (Lipinski definition) is 2. The van der Waals surface area contributed by atoms with Crippen LogP contribution in [-0.4, -0.2) is 24.7 Å². The molecule has 1 aromatic carbocycles. The first-order valence-electron chi connectivity index (χ1n) is 7.06. The maximum Gasteiger partial charge on any atom is 0.121 e. The van der Waals surface area contributed by atoms with Crippen molar-refractivity contribution in [3.05, 3.63) is 30.4 Å². The first kappa shape index (κ1) is 12.2. The standard InChI is InChI=1S/C15H21N3O/c1-11(5-3-7-16)18-14-10-13(19-2)9-12-6-4-8-17-15(12)14/h4,6,8-11,18H,3,5,7,16H2,1-2H3/i9D. The van der Waals surface area contributed by atoms with Gasteiger partial charge in [0.15, 0.2) is 0 Å². The molecule has 0 radical (unpaired) electrons. The molecule has 0 amide bonds. The lowest BCUT2D eigenvalue weighted by atomic mass is 10.1. The number of ether oxygens (including phenoxy) is 1. The molecule has 0 fully saturated rings. The zero-order chi connectivity index (χ0) is 14.5. The Balaban J connectivity index is 2.39. The highest BCUT2D eigenvalue weighted by atomic mass is 16.5. The van der Waals surface area contributed by atoms with E-state index >= 15 is 0 Å². The molecule has 1 unspecified atom stereocenters. The lowest BCUT2D eigenvalue weighted by molar-refractivity contribution is 0.415. The van der Waals surface area contributed by atoms with Crippen molar-refractivity contribution in [2.75, 3.05) is 19.0 Å². The van der Waals surface area contributed by atoms with Gasteiger partial charge in [-0.25, -0.2) is 0 Å². The van der Waals surface area contributed by atoms with Crippen molar-refractivity contribution in [3.8, 4) is 5.75 Å². The van der Waals surface area contributed by atoms with Crippen LogP contribution in [0.25, 0.3) is 10.9 Å². The molecule has 0 aliphatic carbocycles. The second kappa shape index (κ2) is 6.38. The summed E-state index contributed by atoms with van der Waals surface area (Å²) in [5.41, 5.74) is 7.25. The summed E-state index contributed by atoms with van der Waals surface area (Å²) < 4.78 is 13.4. The van der Waals surface area contributed by atoms with Crippen LogP contribution >= 0.6 is 0 Å². The number of methoxy groups -OCH3 is 1. The van der Waals surface area contributed by atoms with Crippen LogP contribution in [-0.2, 0) is 0 Å². The van der Waals surface area contributed by atoms with Crippen molar-refractivity contribution < 1.29 is 6.11 Å². The van der Waals surface area contributed by atoms with Gasteiger partial charge in [-0.05, 0) is 38.4 Å². The predicted molar refractivity (Wildman–Crippen MR) is 79.7 cm³/mol. The minimum absolute atomic E-state index is 0.296. The van der Waals surface area contributed by atoms with Crippen molar-refractivity contribution >= 4 is 16.6 Å². The average Bonchev–Trinajstić information content (AvgIpc) is 2.48. The Morgan fingerprint density at radius 1 is 1.58 bits per heavy atom. The van der Waals surface area contributed by atoms with Crippen LogP contribution in [0, 0.1) is 0 Å². The number of nitrogens with zero attached hydrogens (tertiary/aromatic N) is 1. The van der Waals surface area contributed by atoms with Gasteiger partial charge in [0.25, 0.3) is 0 Å². The van der Waals surface area contributed by atoms with Gasteiger partial charge in [-0.1, -0.05) is 6.07 Å². The number of rotatable bonds is 6. The van der Waals surface area contributed by atoms with Gasteiger partial charge in [-0.2, -0.15) is 0 Å². The van der Waals surface area contributed by atoms with E-state index in [4.69, 9.17) is 11.8 Å². The fraction of sp³-hybridized carbons (Fsp3) is 0.400. The second-order valence-corrected chi connectivity index (χ2v) is 4.63. The second-order valence-electron chi connectivity index (χ2n) is 4.63. The van der Waals surface area contributed by atoms with E-state index in [1.54, 1.807) is 13.3 Å². The maximum atomic E-state index is 8.12. The lowest BCUT2D eigenvalue weighted by Crippen LogP contribution is -2.17. The van der Waals surface area contributed by atoms with E-state index < -0.39 is 0 Å². The fourth-order valence-corrected chi connectivity index (χ4v) is 2.07. The summed E-state index contributed by atoms with van der Waals surface area (Å²) >= 11 is 0. The smallest absolute Gasteiger partial charge is 0.121 e. The zero-order valence-corrected chi connectivity index (χ0v) is 11.4. The Hall–Kier alpha value is -1.81. The highest BCUT2D eigenvalue weighted by Gasteiger charge is 2.08. The topological polar surface area (TPSA) is 60.2 Å². The summed E-state index contributed by atoms with van der Waals surface area (Å²) in [5, 5.41) is 4.23. The van der Waals surface area contributed by atoms with Crippen LogP contribution in [0.4, 0.5) is 5.69 Å². The number of hydrogen-bond acceptors (Lipinski definition) is 4. The van der Waals surface area contributed by atoms with Crippen molar-refractivity contribution in [1.29, 1.82) is 0 Å². The van der Waals surface area contributed by atoms with Gasteiger partial charge in [0.1, 0.15) is 5.75 Å². The zero-order valence-electron chi connectivity index (χ0n) is 12.4. The van der Waals surface area contributed by atoms with Gasteiger partial charge in [-0.3, -0.25) is 4.98 Å². The quantitative estimate of drug-likeness (QED) is 0.838. The first-order chi connectivity index (χ1) is 9.67. The molecule has 1 aromatic heterocycles. The molecule has 4 nitrogen and oxygen atoms in total. The fourth-order valence-electron chi connectivity index (χ4n) is 2.07. The molecule has 102 valence electrons. The van der Waals surface area contributed by atoms with Crippen LogP contribution < -0.4 is 15.8 Å². The molecule has 0 saturated carbocycles. The number of nitrogens with one attached hydrogen (secondary N) is 1. The SMILES string of the molecule is [2H]c1c(OC)cc(NC(C)CCCN)c2ncccc12. The molecule has 1 heterocycles. The minimum Gasteiger partial charge on any atom is -0.497 e. The van der Waals surface area contributed by atoms with Gasteiger partial charge < -0.3 is 15.8 Å². The van der Waals surface area contributed by atoms with E-state index in [0.717, 1.165) is 29.4 Å². The Morgan fingerprint density at radius 2 is 2.42 bits per heavy atom. The van der Waals surface area contributed by atoms with Gasteiger partial charge in [0.05, 0.1) is 19.7 Å². The summed E-state index contributed by atoms with van der Waals surface area (Å²) in [6.07, 6.45) is 3.72. The van der Waals surface area contributed by atoms with E-state index in [2.05, 4.69) is 17.2 Å². The molecule has 2 aromatic rings. The molecular formula is C15H21N3O. The van der Waals surface area contributed by atoms with Gasteiger partial charge in [0, 0.05) is 23.7 Å².